The predicted molar refractivity (Wildman–Crippen MR) is 63.6 cm³/mol. The number of nitrogens with one attached hydrogen (secondary N) is 1. The van der Waals surface area contributed by atoms with E-state index in [4.69, 9.17) is 9.68 Å². The molecule has 0 saturated carbocycles. The first kappa shape index (κ1) is 11.2. The van der Waals surface area contributed by atoms with Crippen molar-refractivity contribution in [3.63, 3.8) is 0 Å². The van der Waals surface area contributed by atoms with Gasteiger partial charge in [-0.3, -0.25) is 4.79 Å². The van der Waals surface area contributed by atoms with Crippen LogP contribution in [-0.4, -0.2) is 4.98 Å². The normalized spacial score (nSPS) is 10.5. The molecule has 0 fully saturated rings. The van der Waals surface area contributed by atoms with Gasteiger partial charge < -0.3 is 9.40 Å². The van der Waals surface area contributed by atoms with Crippen LogP contribution in [0, 0.1) is 11.3 Å². The largest absolute Gasteiger partial charge is 0.464 e. The van der Waals surface area contributed by atoms with E-state index in [2.05, 4.69) is 4.98 Å². The minimum absolute atomic E-state index is 0.103. The van der Waals surface area contributed by atoms with Gasteiger partial charge in [0.25, 0.3) is 5.56 Å². The fourth-order valence-electron chi connectivity index (χ4n) is 1.79. The van der Waals surface area contributed by atoms with E-state index in [1.165, 1.54) is 6.26 Å². The number of aromatic amines is 1. The first-order valence-corrected chi connectivity index (χ1v) is 5.34. The van der Waals surface area contributed by atoms with Gasteiger partial charge in [0.1, 0.15) is 17.4 Å². The minimum Gasteiger partial charge on any atom is -0.464 e. The molecule has 17 heavy (non-hydrogen) atoms. The Hall–Kier alpha value is -2.28. The molecular weight excluding hydrogens is 216 g/mol. The van der Waals surface area contributed by atoms with E-state index in [9.17, 15) is 4.79 Å². The maximum Gasteiger partial charge on any atom is 0.266 e. The zero-order valence-electron chi connectivity index (χ0n) is 9.65. The fraction of sp³-hybridized carbons (Fsp3) is 0.231. The summed E-state index contributed by atoms with van der Waals surface area (Å²) in [5.41, 5.74) is 1.21. The maximum atomic E-state index is 11.6. The molecule has 0 spiro atoms. The average molecular weight is 228 g/mol. The van der Waals surface area contributed by atoms with Crippen LogP contribution in [0.5, 0.6) is 0 Å². The molecule has 2 heterocycles. The van der Waals surface area contributed by atoms with Crippen molar-refractivity contribution < 1.29 is 4.42 Å². The summed E-state index contributed by atoms with van der Waals surface area (Å²) in [5.74, 6) is 0.746. The Morgan fingerprint density at radius 2 is 2.24 bits per heavy atom. The van der Waals surface area contributed by atoms with E-state index >= 15 is 0 Å². The van der Waals surface area contributed by atoms with Crippen molar-refractivity contribution in [1.29, 1.82) is 5.26 Å². The van der Waals surface area contributed by atoms with E-state index in [-0.39, 0.29) is 17.0 Å². The number of furan rings is 1. The molecule has 2 rings (SSSR count). The molecule has 0 bridgehead atoms. The van der Waals surface area contributed by atoms with E-state index in [0.717, 1.165) is 5.56 Å². The lowest BCUT2D eigenvalue weighted by molar-refractivity contribution is 0.580. The standard InChI is InChI=1S/C13H12N2O2/c1-8(2)10-7-15-13(16)9(6-14)12(10)11-4-3-5-17-11/h3-5,7-8H,1-2H3,(H,15,16). The number of H-pyrrole nitrogens is 1. The molecule has 0 aromatic carbocycles. The highest BCUT2D eigenvalue weighted by Crippen LogP contribution is 2.30. The summed E-state index contributed by atoms with van der Waals surface area (Å²) in [5, 5.41) is 9.09. The highest BCUT2D eigenvalue weighted by Gasteiger charge is 2.18. The van der Waals surface area contributed by atoms with Gasteiger partial charge in [-0.05, 0) is 23.6 Å². The summed E-state index contributed by atoms with van der Waals surface area (Å²) in [6.45, 7) is 4.00. The quantitative estimate of drug-likeness (QED) is 0.858. The van der Waals surface area contributed by atoms with Crippen LogP contribution in [-0.2, 0) is 0 Å². The summed E-state index contributed by atoms with van der Waals surface area (Å²) in [7, 11) is 0. The summed E-state index contributed by atoms with van der Waals surface area (Å²) in [6.07, 6.45) is 3.17. The van der Waals surface area contributed by atoms with Gasteiger partial charge >= 0.3 is 0 Å². The monoisotopic (exact) mass is 228 g/mol. The predicted octanol–water partition coefficient (Wildman–Crippen LogP) is 2.63. The van der Waals surface area contributed by atoms with E-state index in [1.54, 1.807) is 18.3 Å². The van der Waals surface area contributed by atoms with Gasteiger partial charge in [-0.2, -0.15) is 5.26 Å². The van der Waals surface area contributed by atoms with Crippen molar-refractivity contribution in [3.8, 4) is 17.4 Å². The third-order valence-electron chi connectivity index (χ3n) is 2.63. The van der Waals surface area contributed by atoms with Crippen molar-refractivity contribution in [3.05, 3.63) is 46.1 Å². The second-order valence-corrected chi connectivity index (χ2v) is 4.07. The van der Waals surface area contributed by atoms with Crippen LogP contribution in [0.4, 0.5) is 0 Å². The van der Waals surface area contributed by atoms with Crippen molar-refractivity contribution in [2.45, 2.75) is 19.8 Å². The van der Waals surface area contributed by atoms with Gasteiger partial charge in [-0.25, -0.2) is 0 Å². The van der Waals surface area contributed by atoms with Crippen LogP contribution in [0.2, 0.25) is 0 Å². The van der Waals surface area contributed by atoms with Crippen LogP contribution in [0.3, 0.4) is 0 Å². The molecule has 0 aliphatic rings. The Bertz CT molecular complexity index is 616. The van der Waals surface area contributed by atoms with Crippen LogP contribution >= 0.6 is 0 Å². The molecule has 0 aliphatic carbocycles. The van der Waals surface area contributed by atoms with Crippen LogP contribution in [0.1, 0.15) is 30.9 Å². The molecule has 4 heteroatoms. The molecule has 2 aromatic heterocycles. The van der Waals surface area contributed by atoms with E-state index < -0.39 is 0 Å². The summed E-state index contributed by atoms with van der Waals surface area (Å²) in [6, 6.07) is 5.43. The minimum atomic E-state index is -0.386. The van der Waals surface area contributed by atoms with Crippen molar-refractivity contribution in [2.24, 2.45) is 0 Å². The number of nitrogens with zero attached hydrogens (tertiary/aromatic N) is 1. The summed E-state index contributed by atoms with van der Waals surface area (Å²) >= 11 is 0. The first-order chi connectivity index (χ1) is 8.15. The number of pyridine rings is 1. The van der Waals surface area contributed by atoms with Gasteiger partial charge in [0.2, 0.25) is 0 Å². The van der Waals surface area contributed by atoms with Crippen LogP contribution < -0.4 is 5.56 Å². The van der Waals surface area contributed by atoms with Crippen molar-refractivity contribution in [2.75, 3.05) is 0 Å². The lowest BCUT2D eigenvalue weighted by Gasteiger charge is -2.11. The Balaban J connectivity index is 2.82. The number of nitriles is 1. The lowest BCUT2D eigenvalue weighted by atomic mass is 9.95. The third-order valence-corrected chi connectivity index (χ3v) is 2.63. The molecule has 86 valence electrons. The van der Waals surface area contributed by atoms with E-state index in [1.807, 2.05) is 19.9 Å². The Kier molecular flexibility index (Phi) is 2.84. The SMILES string of the molecule is CC(C)c1c[nH]c(=O)c(C#N)c1-c1ccco1. The second kappa shape index (κ2) is 4.30. The van der Waals surface area contributed by atoms with E-state index in [0.29, 0.717) is 11.3 Å². The topological polar surface area (TPSA) is 69.8 Å². The van der Waals surface area contributed by atoms with Crippen LogP contribution in [0.15, 0.2) is 33.8 Å². The molecule has 2 aromatic rings. The third kappa shape index (κ3) is 1.87. The second-order valence-electron chi connectivity index (χ2n) is 4.07. The molecular formula is C13H12N2O2. The first-order valence-electron chi connectivity index (χ1n) is 5.34. The Morgan fingerprint density at radius 3 is 2.76 bits per heavy atom. The van der Waals surface area contributed by atoms with Crippen LogP contribution in [0.25, 0.3) is 11.3 Å². The molecule has 0 atom stereocenters. The number of hydrogen-bond donors (Lipinski definition) is 1. The average Bonchev–Trinajstić information content (AvgIpc) is 2.81. The maximum absolute atomic E-state index is 11.6. The van der Waals surface area contributed by atoms with Gasteiger partial charge in [-0.1, -0.05) is 13.8 Å². The molecule has 0 radical (unpaired) electrons. The zero-order valence-corrected chi connectivity index (χ0v) is 9.65. The number of rotatable bonds is 2. The van der Waals surface area contributed by atoms with Gasteiger partial charge in [-0.15, -0.1) is 0 Å². The Labute approximate surface area is 98.5 Å². The molecule has 0 unspecified atom stereocenters. The molecule has 1 N–H and O–H groups in total. The zero-order chi connectivity index (χ0) is 12.4. The van der Waals surface area contributed by atoms with Gasteiger partial charge in [0.05, 0.1) is 6.26 Å². The van der Waals surface area contributed by atoms with Gasteiger partial charge in [0, 0.05) is 11.8 Å². The highest BCUT2D eigenvalue weighted by atomic mass is 16.3. The molecule has 0 amide bonds. The molecule has 0 saturated heterocycles. The molecule has 4 nitrogen and oxygen atoms in total. The summed E-state index contributed by atoms with van der Waals surface area (Å²) in [4.78, 5) is 14.2. The van der Waals surface area contributed by atoms with Crippen molar-refractivity contribution >= 4 is 0 Å². The number of aromatic nitrogens is 1. The fourth-order valence-corrected chi connectivity index (χ4v) is 1.79. The smallest absolute Gasteiger partial charge is 0.266 e. The summed E-state index contributed by atoms with van der Waals surface area (Å²) < 4.78 is 5.30. The van der Waals surface area contributed by atoms with Gasteiger partial charge in [0.15, 0.2) is 0 Å². The van der Waals surface area contributed by atoms with Crippen molar-refractivity contribution in [1.82, 2.24) is 4.98 Å². The highest BCUT2D eigenvalue weighted by molar-refractivity contribution is 5.69. The Morgan fingerprint density at radius 1 is 1.47 bits per heavy atom. The molecule has 0 aliphatic heterocycles. The number of hydrogen-bond acceptors (Lipinski definition) is 3. The lowest BCUT2D eigenvalue weighted by Crippen LogP contribution is -2.13.